The van der Waals surface area contributed by atoms with Crippen LogP contribution in [0.5, 0.6) is 0 Å². The van der Waals surface area contributed by atoms with Gasteiger partial charge in [-0.2, -0.15) is 0 Å². The largest absolute Gasteiger partial charge is 0.478 e. The van der Waals surface area contributed by atoms with Crippen molar-refractivity contribution in [1.29, 1.82) is 0 Å². The highest BCUT2D eigenvalue weighted by Crippen LogP contribution is 2.14. The van der Waals surface area contributed by atoms with Gasteiger partial charge in [0.15, 0.2) is 0 Å². The van der Waals surface area contributed by atoms with E-state index in [0.717, 1.165) is 5.56 Å². The van der Waals surface area contributed by atoms with Gasteiger partial charge < -0.3 is 10.4 Å². The van der Waals surface area contributed by atoms with Gasteiger partial charge in [0.25, 0.3) is 0 Å². The van der Waals surface area contributed by atoms with Crippen LogP contribution in [0.4, 0.5) is 0 Å². The number of rotatable bonds is 4. The van der Waals surface area contributed by atoms with Crippen molar-refractivity contribution in [1.82, 2.24) is 5.32 Å². The van der Waals surface area contributed by atoms with E-state index in [1.807, 2.05) is 20.8 Å². The zero-order valence-electron chi connectivity index (χ0n) is 10.2. The predicted molar refractivity (Wildman–Crippen MR) is 64.8 cm³/mol. The monoisotopic (exact) mass is 235 g/mol. The maximum absolute atomic E-state index is 11.5. The summed E-state index contributed by atoms with van der Waals surface area (Å²) >= 11 is 0. The first-order chi connectivity index (χ1) is 7.91. The Hall–Kier alpha value is -1.84. The van der Waals surface area contributed by atoms with Gasteiger partial charge in [-0.25, -0.2) is 4.79 Å². The SMILES string of the molecule is CC(C)C(=O)N[C@@H](C)c1ccc(C(=O)O)cc1. The minimum Gasteiger partial charge on any atom is -0.478 e. The van der Waals surface area contributed by atoms with Gasteiger partial charge in [-0.3, -0.25) is 4.79 Å². The average Bonchev–Trinajstić information content (AvgIpc) is 2.28. The van der Waals surface area contributed by atoms with Crippen molar-refractivity contribution in [3.05, 3.63) is 35.4 Å². The average molecular weight is 235 g/mol. The zero-order chi connectivity index (χ0) is 13.0. The number of aromatic carboxylic acids is 1. The van der Waals surface area contributed by atoms with Crippen molar-refractivity contribution in [2.24, 2.45) is 5.92 Å². The summed E-state index contributed by atoms with van der Waals surface area (Å²) in [7, 11) is 0. The first kappa shape index (κ1) is 13.2. The standard InChI is InChI=1S/C13H17NO3/c1-8(2)12(15)14-9(3)10-4-6-11(7-5-10)13(16)17/h4-9H,1-3H3,(H,14,15)(H,16,17)/t9-/m0/s1. The Morgan fingerprint density at radius 3 is 2.06 bits per heavy atom. The number of nitrogens with one attached hydrogen (secondary N) is 1. The number of carbonyl (C=O) groups is 2. The zero-order valence-corrected chi connectivity index (χ0v) is 10.2. The number of carboxylic acid groups (broad SMARTS) is 1. The van der Waals surface area contributed by atoms with Gasteiger partial charge in [0.2, 0.25) is 5.91 Å². The Balaban J connectivity index is 2.73. The molecule has 4 heteroatoms. The topological polar surface area (TPSA) is 66.4 Å². The van der Waals surface area contributed by atoms with Crippen LogP contribution < -0.4 is 5.32 Å². The molecular formula is C13H17NO3. The van der Waals surface area contributed by atoms with Crippen LogP contribution in [0.2, 0.25) is 0 Å². The molecule has 0 fully saturated rings. The molecule has 0 aliphatic heterocycles. The van der Waals surface area contributed by atoms with Gasteiger partial charge in [0.1, 0.15) is 0 Å². The molecule has 0 aromatic heterocycles. The summed E-state index contributed by atoms with van der Waals surface area (Å²) in [6.07, 6.45) is 0. The van der Waals surface area contributed by atoms with E-state index in [4.69, 9.17) is 5.11 Å². The highest BCUT2D eigenvalue weighted by atomic mass is 16.4. The number of hydrogen-bond donors (Lipinski definition) is 2. The third-order valence-corrected chi connectivity index (χ3v) is 2.54. The maximum atomic E-state index is 11.5. The fourth-order valence-corrected chi connectivity index (χ4v) is 1.38. The first-order valence-corrected chi connectivity index (χ1v) is 5.55. The lowest BCUT2D eigenvalue weighted by molar-refractivity contribution is -0.124. The molecule has 0 unspecified atom stereocenters. The Kier molecular flexibility index (Phi) is 4.26. The molecular weight excluding hydrogens is 218 g/mol. The van der Waals surface area contributed by atoms with Crippen LogP contribution in [0.3, 0.4) is 0 Å². The predicted octanol–water partition coefficient (Wildman–Crippen LogP) is 2.22. The van der Waals surface area contributed by atoms with Crippen molar-refractivity contribution in [2.45, 2.75) is 26.8 Å². The van der Waals surface area contributed by atoms with Crippen LogP contribution in [-0.2, 0) is 4.79 Å². The Labute approximate surface area is 101 Å². The third-order valence-electron chi connectivity index (χ3n) is 2.54. The van der Waals surface area contributed by atoms with Crippen molar-refractivity contribution >= 4 is 11.9 Å². The van der Waals surface area contributed by atoms with Gasteiger partial charge in [-0.15, -0.1) is 0 Å². The second-order valence-electron chi connectivity index (χ2n) is 4.31. The molecule has 4 nitrogen and oxygen atoms in total. The molecule has 0 heterocycles. The van der Waals surface area contributed by atoms with Gasteiger partial charge in [0.05, 0.1) is 11.6 Å². The molecule has 1 amide bonds. The van der Waals surface area contributed by atoms with Crippen LogP contribution in [0.15, 0.2) is 24.3 Å². The highest BCUT2D eigenvalue weighted by molar-refractivity contribution is 5.87. The quantitative estimate of drug-likeness (QED) is 0.840. The third kappa shape index (κ3) is 3.59. The lowest BCUT2D eigenvalue weighted by Crippen LogP contribution is -2.30. The smallest absolute Gasteiger partial charge is 0.335 e. The van der Waals surface area contributed by atoms with Gasteiger partial charge >= 0.3 is 5.97 Å². The lowest BCUT2D eigenvalue weighted by atomic mass is 10.1. The van der Waals surface area contributed by atoms with E-state index < -0.39 is 5.97 Å². The fourth-order valence-electron chi connectivity index (χ4n) is 1.38. The van der Waals surface area contributed by atoms with Crippen LogP contribution >= 0.6 is 0 Å². The molecule has 0 saturated carbocycles. The van der Waals surface area contributed by atoms with E-state index in [1.54, 1.807) is 12.1 Å². The van der Waals surface area contributed by atoms with Gasteiger partial charge in [0, 0.05) is 5.92 Å². The molecule has 0 radical (unpaired) electrons. The van der Waals surface area contributed by atoms with Crippen LogP contribution in [0, 0.1) is 5.92 Å². The molecule has 0 spiro atoms. The molecule has 92 valence electrons. The second-order valence-corrected chi connectivity index (χ2v) is 4.31. The van der Waals surface area contributed by atoms with E-state index in [0.29, 0.717) is 0 Å². The van der Waals surface area contributed by atoms with E-state index in [1.165, 1.54) is 12.1 Å². The summed E-state index contributed by atoms with van der Waals surface area (Å²) in [4.78, 5) is 22.2. The Morgan fingerprint density at radius 1 is 1.12 bits per heavy atom. The van der Waals surface area contributed by atoms with Crippen LogP contribution in [0.25, 0.3) is 0 Å². The van der Waals surface area contributed by atoms with Crippen molar-refractivity contribution < 1.29 is 14.7 Å². The summed E-state index contributed by atoms with van der Waals surface area (Å²) in [5.41, 5.74) is 1.14. The molecule has 0 saturated heterocycles. The molecule has 1 aromatic rings. The normalized spacial score (nSPS) is 12.2. The number of hydrogen-bond acceptors (Lipinski definition) is 2. The minimum atomic E-state index is -0.949. The van der Waals surface area contributed by atoms with Gasteiger partial charge in [-0.05, 0) is 24.6 Å². The molecule has 0 aliphatic carbocycles. The second kappa shape index (κ2) is 5.48. The lowest BCUT2D eigenvalue weighted by Gasteiger charge is -2.16. The minimum absolute atomic E-state index is 0.0141. The summed E-state index contributed by atoms with van der Waals surface area (Å²) < 4.78 is 0. The molecule has 2 N–H and O–H groups in total. The van der Waals surface area contributed by atoms with Crippen molar-refractivity contribution in [3.8, 4) is 0 Å². The number of amides is 1. The molecule has 1 rings (SSSR count). The van der Waals surface area contributed by atoms with Crippen LogP contribution in [-0.4, -0.2) is 17.0 Å². The van der Waals surface area contributed by atoms with Crippen LogP contribution in [0.1, 0.15) is 42.7 Å². The fraction of sp³-hybridized carbons (Fsp3) is 0.385. The summed E-state index contributed by atoms with van der Waals surface area (Å²) in [5, 5.41) is 11.6. The number of carbonyl (C=O) groups excluding carboxylic acids is 1. The molecule has 0 aliphatic rings. The van der Waals surface area contributed by atoms with Crippen molar-refractivity contribution in [3.63, 3.8) is 0 Å². The molecule has 0 bridgehead atoms. The molecule has 1 atom stereocenters. The summed E-state index contributed by atoms with van der Waals surface area (Å²) in [5.74, 6) is -1.02. The Bertz CT molecular complexity index is 409. The summed E-state index contributed by atoms with van der Waals surface area (Å²) in [6.45, 7) is 5.53. The first-order valence-electron chi connectivity index (χ1n) is 5.55. The van der Waals surface area contributed by atoms with E-state index in [9.17, 15) is 9.59 Å². The van der Waals surface area contributed by atoms with Gasteiger partial charge in [-0.1, -0.05) is 26.0 Å². The van der Waals surface area contributed by atoms with Crippen molar-refractivity contribution in [2.75, 3.05) is 0 Å². The molecule has 1 aromatic carbocycles. The number of carboxylic acids is 1. The van der Waals surface area contributed by atoms with E-state index in [-0.39, 0.29) is 23.4 Å². The maximum Gasteiger partial charge on any atom is 0.335 e. The van der Waals surface area contributed by atoms with E-state index in [2.05, 4.69) is 5.32 Å². The summed E-state index contributed by atoms with van der Waals surface area (Å²) in [6, 6.07) is 6.39. The molecule has 17 heavy (non-hydrogen) atoms. The van der Waals surface area contributed by atoms with E-state index >= 15 is 0 Å². The highest BCUT2D eigenvalue weighted by Gasteiger charge is 2.12. The Morgan fingerprint density at radius 2 is 1.65 bits per heavy atom. The number of benzene rings is 1.